The van der Waals surface area contributed by atoms with Crippen LogP contribution in [0.2, 0.25) is 5.02 Å². The SMILES string of the molecule is CN1c2cc(Cl)ccc2SCC1CCCO. The van der Waals surface area contributed by atoms with Gasteiger partial charge < -0.3 is 10.0 Å². The molecule has 2 rings (SSSR count). The molecule has 0 amide bonds. The summed E-state index contributed by atoms with van der Waals surface area (Å²) < 4.78 is 0. The number of anilines is 1. The highest BCUT2D eigenvalue weighted by Crippen LogP contribution is 2.39. The molecule has 16 heavy (non-hydrogen) atoms. The van der Waals surface area contributed by atoms with Crippen LogP contribution in [0.15, 0.2) is 23.1 Å². The molecule has 1 heterocycles. The van der Waals surface area contributed by atoms with E-state index in [1.54, 1.807) is 0 Å². The maximum absolute atomic E-state index is 8.88. The molecule has 0 radical (unpaired) electrons. The van der Waals surface area contributed by atoms with Gasteiger partial charge in [-0.3, -0.25) is 0 Å². The van der Waals surface area contributed by atoms with Gasteiger partial charge in [0.25, 0.3) is 0 Å². The standard InChI is InChI=1S/C12H16ClNOS/c1-14-10(3-2-6-15)8-16-12-5-4-9(13)7-11(12)14/h4-5,7,10,15H,2-3,6,8H2,1H3. The molecule has 0 saturated carbocycles. The Bertz CT molecular complexity index is 372. The molecule has 0 saturated heterocycles. The Morgan fingerprint density at radius 1 is 1.56 bits per heavy atom. The van der Waals surface area contributed by atoms with E-state index < -0.39 is 0 Å². The van der Waals surface area contributed by atoms with Crippen molar-refractivity contribution in [3.63, 3.8) is 0 Å². The van der Waals surface area contributed by atoms with Crippen molar-refractivity contribution in [3.8, 4) is 0 Å². The van der Waals surface area contributed by atoms with Gasteiger partial charge in [0.2, 0.25) is 0 Å². The Balaban J connectivity index is 2.17. The Morgan fingerprint density at radius 3 is 3.12 bits per heavy atom. The van der Waals surface area contributed by atoms with E-state index in [-0.39, 0.29) is 6.61 Å². The van der Waals surface area contributed by atoms with Crippen molar-refractivity contribution in [1.29, 1.82) is 0 Å². The third-order valence-electron chi connectivity index (χ3n) is 2.98. The van der Waals surface area contributed by atoms with Gasteiger partial charge in [-0.15, -0.1) is 11.8 Å². The quantitative estimate of drug-likeness (QED) is 0.901. The first kappa shape index (κ1) is 12.1. The van der Waals surface area contributed by atoms with Gasteiger partial charge in [-0.25, -0.2) is 0 Å². The molecule has 1 aromatic carbocycles. The molecule has 1 N–H and O–H groups in total. The zero-order valence-corrected chi connectivity index (χ0v) is 10.9. The molecule has 0 fully saturated rings. The number of aliphatic hydroxyl groups excluding tert-OH is 1. The summed E-state index contributed by atoms with van der Waals surface area (Å²) >= 11 is 7.90. The first-order valence-electron chi connectivity index (χ1n) is 5.48. The third kappa shape index (κ3) is 2.47. The molecular weight excluding hydrogens is 242 g/mol. The van der Waals surface area contributed by atoms with Crippen molar-refractivity contribution in [2.75, 3.05) is 24.3 Å². The summed E-state index contributed by atoms with van der Waals surface area (Å²) in [5.41, 5.74) is 1.21. The number of hydrogen-bond donors (Lipinski definition) is 1. The van der Waals surface area contributed by atoms with E-state index in [1.165, 1.54) is 10.6 Å². The molecule has 1 unspecified atom stereocenters. The van der Waals surface area contributed by atoms with Crippen molar-refractivity contribution in [1.82, 2.24) is 0 Å². The van der Waals surface area contributed by atoms with Crippen LogP contribution < -0.4 is 4.90 Å². The second kappa shape index (κ2) is 5.30. The van der Waals surface area contributed by atoms with Gasteiger partial charge >= 0.3 is 0 Å². The molecular formula is C12H16ClNOS. The van der Waals surface area contributed by atoms with Crippen LogP contribution in [0.1, 0.15) is 12.8 Å². The van der Waals surface area contributed by atoms with E-state index in [4.69, 9.17) is 16.7 Å². The van der Waals surface area contributed by atoms with Crippen molar-refractivity contribution in [2.24, 2.45) is 0 Å². The molecule has 2 nitrogen and oxygen atoms in total. The maximum atomic E-state index is 8.88. The summed E-state index contributed by atoms with van der Waals surface area (Å²) in [4.78, 5) is 3.58. The number of hydrogen-bond acceptors (Lipinski definition) is 3. The molecule has 1 atom stereocenters. The number of rotatable bonds is 3. The monoisotopic (exact) mass is 257 g/mol. The minimum atomic E-state index is 0.275. The number of halogens is 1. The van der Waals surface area contributed by atoms with Gasteiger partial charge in [0.05, 0.1) is 5.69 Å². The van der Waals surface area contributed by atoms with Crippen LogP contribution in [0.3, 0.4) is 0 Å². The van der Waals surface area contributed by atoms with Crippen LogP contribution in [-0.2, 0) is 0 Å². The molecule has 1 aromatic rings. The van der Waals surface area contributed by atoms with Gasteiger partial charge in [0, 0.05) is 35.4 Å². The summed E-state index contributed by atoms with van der Waals surface area (Å²) in [5, 5.41) is 9.66. The van der Waals surface area contributed by atoms with Crippen LogP contribution in [0, 0.1) is 0 Å². The lowest BCUT2D eigenvalue weighted by atomic mass is 10.1. The Kier molecular flexibility index (Phi) is 4.00. The third-order valence-corrected chi connectivity index (χ3v) is 4.42. The Labute approximate surface area is 106 Å². The van der Waals surface area contributed by atoms with Gasteiger partial charge in [0.1, 0.15) is 0 Å². The van der Waals surface area contributed by atoms with Crippen LogP contribution in [-0.4, -0.2) is 30.6 Å². The minimum Gasteiger partial charge on any atom is -0.396 e. The largest absolute Gasteiger partial charge is 0.396 e. The van der Waals surface area contributed by atoms with Crippen molar-refractivity contribution in [2.45, 2.75) is 23.8 Å². The molecule has 88 valence electrons. The van der Waals surface area contributed by atoms with Crippen LogP contribution in [0.5, 0.6) is 0 Å². The summed E-state index contributed by atoms with van der Waals surface area (Å²) in [6.07, 6.45) is 1.90. The van der Waals surface area contributed by atoms with E-state index in [2.05, 4.69) is 18.0 Å². The Hall–Kier alpha value is -0.380. The second-order valence-electron chi connectivity index (χ2n) is 4.05. The molecule has 1 aliphatic heterocycles. The van der Waals surface area contributed by atoms with E-state index in [0.29, 0.717) is 6.04 Å². The lowest BCUT2D eigenvalue weighted by Crippen LogP contribution is -2.36. The van der Waals surface area contributed by atoms with Crippen molar-refractivity contribution >= 4 is 29.1 Å². The van der Waals surface area contributed by atoms with Gasteiger partial charge in [-0.05, 0) is 31.0 Å². The van der Waals surface area contributed by atoms with Crippen molar-refractivity contribution in [3.05, 3.63) is 23.2 Å². The van der Waals surface area contributed by atoms with Gasteiger partial charge in [-0.1, -0.05) is 11.6 Å². The molecule has 0 spiro atoms. The molecule has 0 bridgehead atoms. The molecule has 1 aliphatic rings. The summed E-state index contributed by atoms with van der Waals surface area (Å²) in [6.45, 7) is 0.275. The number of fused-ring (bicyclic) bond motifs is 1. The van der Waals surface area contributed by atoms with Crippen LogP contribution in [0.25, 0.3) is 0 Å². The number of nitrogens with zero attached hydrogens (tertiary/aromatic N) is 1. The normalized spacial score (nSPS) is 19.7. The highest BCUT2D eigenvalue weighted by atomic mass is 35.5. The van der Waals surface area contributed by atoms with Gasteiger partial charge in [0.15, 0.2) is 0 Å². The Morgan fingerprint density at radius 2 is 2.38 bits per heavy atom. The first-order chi connectivity index (χ1) is 7.72. The number of benzene rings is 1. The smallest absolute Gasteiger partial charge is 0.0519 e. The zero-order chi connectivity index (χ0) is 11.5. The molecule has 4 heteroatoms. The number of thioether (sulfide) groups is 1. The second-order valence-corrected chi connectivity index (χ2v) is 5.55. The minimum absolute atomic E-state index is 0.275. The summed E-state index contributed by atoms with van der Waals surface area (Å²) in [7, 11) is 2.11. The highest BCUT2D eigenvalue weighted by molar-refractivity contribution is 7.99. The summed E-state index contributed by atoms with van der Waals surface area (Å²) in [6, 6.07) is 6.55. The lowest BCUT2D eigenvalue weighted by Gasteiger charge is -2.35. The molecule has 0 aromatic heterocycles. The van der Waals surface area contributed by atoms with E-state index in [0.717, 1.165) is 23.6 Å². The predicted octanol–water partition coefficient (Wildman–Crippen LogP) is 3.02. The lowest BCUT2D eigenvalue weighted by molar-refractivity contribution is 0.280. The van der Waals surface area contributed by atoms with Gasteiger partial charge in [-0.2, -0.15) is 0 Å². The predicted molar refractivity (Wildman–Crippen MR) is 70.7 cm³/mol. The first-order valence-corrected chi connectivity index (χ1v) is 6.85. The average molecular weight is 258 g/mol. The highest BCUT2D eigenvalue weighted by Gasteiger charge is 2.23. The fraction of sp³-hybridized carbons (Fsp3) is 0.500. The topological polar surface area (TPSA) is 23.5 Å². The van der Waals surface area contributed by atoms with E-state index in [9.17, 15) is 0 Å². The van der Waals surface area contributed by atoms with E-state index in [1.807, 2.05) is 23.9 Å². The summed E-state index contributed by atoms with van der Waals surface area (Å²) in [5.74, 6) is 1.09. The fourth-order valence-corrected chi connectivity index (χ4v) is 3.43. The van der Waals surface area contributed by atoms with Crippen molar-refractivity contribution < 1.29 is 5.11 Å². The fourth-order valence-electron chi connectivity index (χ4n) is 1.99. The van der Waals surface area contributed by atoms with Crippen LogP contribution >= 0.6 is 23.4 Å². The number of aliphatic hydroxyl groups is 1. The van der Waals surface area contributed by atoms with E-state index >= 15 is 0 Å². The van der Waals surface area contributed by atoms with Crippen LogP contribution in [0.4, 0.5) is 5.69 Å². The average Bonchev–Trinajstić information content (AvgIpc) is 2.29. The maximum Gasteiger partial charge on any atom is 0.0519 e. The zero-order valence-electron chi connectivity index (χ0n) is 9.32. The molecule has 0 aliphatic carbocycles.